The molecular weight excluding hydrogens is 248 g/mol. The molecule has 110 valence electrons. The lowest BCUT2D eigenvalue weighted by atomic mass is 9.85. The molecule has 0 aromatic rings. The van der Waals surface area contributed by atoms with Crippen LogP contribution >= 0.6 is 0 Å². The normalized spacial score (nSPS) is 24.8. The van der Waals surface area contributed by atoms with Crippen molar-refractivity contribution in [1.82, 2.24) is 10.2 Å². The largest absolute Gasteiger partial charge is 0.481 e. The van der Waals surface area contributed by atoms with Crippen LogP contribution in [-0.4, -0.2) is 54.4 Å². The summed E-state index contributed by atoms with van der Waals surface area (Å²) in [6, 6.07) is 0. The van der Waals surface area contributed by atoms with Crippen LogP contribution in [0.25, 0.3) is 0 Å². The summed E-state index contributed by atoms with van der Waals surface area (Å²) in [6.07, 6.45) is 0.122. The summed E-state index contributed by atoms with van der Waals surface area (Å²) < 4.78 is 5.14. The van der Waals surface area contributed by atoms with Crippen LogP contribution in [0.15, 0.2) is 0 Å². The van der Waals surface area contributed by atoms with Crippen molar-refractivity contribution in [2.75, 3.05) is 26.7 Å². The first kappa shape index (κ1) is 15.8. The van der Waals surface area contributed by atoms with Crippen LogP contribution in [0.4, 0.5) is 4.79 Å². The summed E-state index contributed by atoms with van der Waals surface area (Å²) in [5.41, 5.74) is -0.542. The smallest absolute Gasteiger partial charge is 0.407 e. The van der Waals surface area contributed by atoms with Crippen LogP contribution in [0.1, 0.15) is 27.2 Å². The van der Waals surface area contributed by atoms with Crippen molar-refractivity contribution in [2.24, 2.45) is 11.8 Å². The molecule has 1 saturated heterocycles. The summed E-state index contributed by atoms with van der Waals surface area (Å²) in [7, 11) is 1.96. The van der Waals surface area contributed by atoms with Gasteiger partial charge in [-0.1, -0.05) is 0 Å². The van der Waals surface area contributed by atoms with Crippen LogP contribution < -0.4 is 5.32 Å². The molecule has 0 aromatic carbocycles. The number of hydrogen-bond acceptors (Lipinski definition) is 4. The van der Waals surface area contributed by atoms with E-state index in [-0.39, 0.29) is 5.92 Å². The summed E-state index contributed by atoms with van der Waals surface area (Å²) in [6.45, 7) is 7.16. The number of carbonyl (C=O) groups excluding carboxylic acids is 1. The number of ether oxygens (including phenoxy) is 1. The van der Waals surface area contributed by atoms with Crippen molar-refractivity contribution in [1.29, 1.82) is 0 Å². The first-order valence-electron chi connectivity index (χ1n) is 6.57. The molecule has 2 N–H and O–H groups in total. The van der Waals surface area contributed by atoms with Crippen molar-refractivity contribution in [2.45, 2.75) is 32.8 Å². The Morgan fingerprint density at radius 1 is 1.42 bits per heavy atom. The van der Waals surface area contributed by atoms with Gasteiger partial charge in [0.25, 0.3) is 0 Å². The molecule has 0 aromatic heterocycles. The molecular formula is C13H24N2O4. The van der Waals surface area contributed by atoms with Crippen LogP contribution in [0.2, 0.25) is 0 Å². The number of amides is 1. The molecule has 1 amide bonds. The maximum Gasteiger partial charge on any atom is 0.407 e. The van der Waals surface area contributed by atoms with Gasteiger partial charge in [-0.15, -0.1) is 0 Å². The molecule has 1 fully saturated rings. The van der Waals surface area contributed by atoms with E-state index in [2.05, 4.69) is 10.2 Å². The highest BCUT2D eigenvalue weighted by Gasteiger charge is 2.33. The molecule has 6 nitrogen and oxygen atoms in total. The minimum atomic E-state index is -0.788. The van der Waals surface area contributed by atoms with Crippen molar-refractivity contribution in [3.63, 3.8) is 0 Å². The molecule has 0 radical (unpaired) electrons. The number of aliphatic carboxylic acids is 1. The van der Waals surface area contributed by atoms with Crippen molar-refractivity contribution in [3.05, 3.63) is 0 Å². The molecule has 0 bridgehead atoms. The van der Waals surface area contributed by atoms with E-state index in [0.29, 0.717) is 19.5 Å². The maximum absolute atomic E-state index is 11.6. The third-order valence-corrected chi connectivity index (χ3v) is 3.16. The van der Waals surface area contributed by atoms with Crippen molar-refractivity contribution < 1.29 is 19.4 Å². The van der Waals surface area contributed by atoms with Gasteiger partial charge in [0, 0.05) is 19.0 Å². The minimum Gasteiger partial charge on any atom is -0.481 e. The minimum absolute atomic E-state index is 0.0798. The third kappa shape index (κ3) is 5.46. The monoisotopic (exact) mass is 272 g/mol. The first-order valence-corrected chi connectivity index (χ1v) is 6.57. The summed E-state index contributed by atoms with van der Waals surface area (Å²) in [4.78, 5) is 24.8. The summed E-state index contributed by atoms with van der Waals surface area (Å²) >= 11 is 0. The molecule has 2 unspecified atom stereocenters. The fraction of sp³-hybridized carbons (Fsp3) is 0.846. The standard InChI is InChI=1S/C13H24N2O4/c1-13(2,3)19-12(18)14-7-9-8-15(4)6-5-10(9)11(16)17/h9-10H,5-8H2,1-4H3,(H,14,18)(H,16,17). The fourth-order valence-electron chi connectivity index (χ4n) is 2.27. The Morgan fingerprint density at radius 2 is 2.05 bits per heavy atom. The predicted octanol–water partition coefficient (Wildman–Crippen LogP) is 1.16. The van der Waals surface area contributed by atoms with Gasteiger partial charge in [-0.3, -0.25) is 4.79 Å². The number of alkyl carbamates (subject to hydrolysis) is 1. The number of likely N-dealkylation sites (tertiary alicyclic amines) is 1. The molecule has 0 aliphatic carbocycles. The Balaban J connectivity index is 2.48. The van der Waals surface area contributed by atoms with Crippen LogP contribution in [0.5, 0.6) is 0 Å². The molecule has 1 aliphatic rings. The van der Waals surface area contributed by atoms with Crippen molar-refractivity contribution >= 4 is 12.1 Å². The Bertz CT molecular complexity index is 338. The van der Waals surface area contributed by atoms with Gasteiger partial charge in [0.15, 0.2) is 0 Å². The number of rotatable bonds is 3. The zero-order chi connectivity index (χ0) is 14.6. The van der Waals surface area contributed by atoms with Gasteiger partial charge in [0.2, 0.25) is 0 Å². The van der Waals surface area contributed by atoms with E-state index in [1.54, 1.807) is 20.8 Å². The molecule has 1 aliphatic heterocycles. The van der Waals surface area contributed by atoms with Crippen molar-refractivity contribution in [3.8, 4) is 0 Å². The number of piperidine rings is 1. The Labute approximate surface area is 114 Å². The molecule has 19 heavy (non-hydrogen) atoms. The molecule has 0 saturated carbocycles. The van der Waals surface area contributed by atoms with Gasteiger partial charge in [-0.05, 0) is 40.8 Å². The molecule has 6 heteroatoms. The predicted molar refractivity (Wildman–Crippen MR) is 71.0 cm³/mol. The van der Waals surface area contributed by atoms with Gasteiger partial charge in [-0.2, -0.15) is 0 Å². The van der Waals surface area contributed by atoms with Crippen LogP contribution in [0, 0.1) is 11.8 Å². The highest BCUT2D eigenvalue weighted by molar-refractivity contribution is 5.71. The molecule has 1 heterocycles. The molecule has 0 spiro atoms. The van der Waals surface area contributed by atoms with Crippen LogP contribution in [-0.2, 0) is 9.53 Å². The maximum atomic E-state index is 11.6. The number of carbonyl (C=O) groups is 2. The highest BCUT2D eigenvalue weighted by atomic mass is 16.6. The number of carboxylic acid groups (broad SMARTS) is 1. The second-order valence-electron chi connectivity index (χ2n) is 6.14. The fourth-order valence-corrected chi connectivity index (χ4v) is 2.27. The van der Waals surface area contributed by atoms with E-state index in [1.165, 1.54) is 0 Å². The second-order valence-corrected chi connectivity index (χ2v) is 6.14. The average molecular weight is 272 g/mol. The topological polar surface area (TPSA) is 78.9 Å². The Hall–Kier alpha value is -1.30. The zero-order valence-electron chi connectivity index (χ0n) is 12.1. The summed E-state index contributed by atoms with van der Waals surface area (Å²) in [5, 5.41) is 11.8. The van der Waals surface area contributed by atoms with E-state index in [4.69, 9.17) is 4.74 Å². The Kier molecular flexibility index (Phi) is 5.17. The van der Waals surface area contributed by atoms with Gasteiger partial charge in [0.05, 0.1) is 5.92 Å². The lowest BCUT2D eigenvalue weighted by molar-refractivity contribution is -0.145. The third-order valence-electron chi connectivity index (χ3n) is 3.16. The average Bonchev–Trinajstić information content (AvgIpc) is 2.23. The van der Waals surface area contributed by atoms with Crippen LogP contribution in [0.3, 0.4) is 0 Å². The lowest BCUT2D eigenvalue weighted by Gasteiger charge is -2.34. The van der Waals surface area contributed by atoms with E-state index in [0.717, 1.165) is 6.54 Å². The zero-order valence-corrected chi connectivity index (χ0v) is 12.1. The quantitative estimate of drug-likeness (QED) is 0.806. The first-order chi connectivity index (χ1) is 8.69. The number of hydrogen-bond donors (Lipinski definition) is 2. The van der Waals surface area contributed by atoms with E-state index in [1.807, 2.05) is 7.05 Å². The second kappa shape index (κ2) is 6.23. The van der Waals surface area contributed by atoms with Gasteiger partial charge in [0.1, 0.15) is 5.60 Å². The Morgan fingerprint density at radius 3 is 2.58 bits per heavy atom. The SMILES string of the molecule is CN1CCC(C(=O)O)C(CNC(=O)OC(C)(C)C)C1. The van der Waals surface area contributed by atoms with E-state index < -0.39 is 23.6 Å². The highest BCUT2D eigenvalue weighted by Crippen LogP contribution is 2.22. The van der Waals surface area contributed by atoms with Gasteiger partial charge < -0.3 is 20.1 Å². The van der Waals surface area contributed by atoms with E-state index >= 15 is 0 Å². The number of nitrogens with one attached hydrogen (secondary N) is 1. The summed E-state index contributed by atoms with van der Waals surface area (Å²) in [5.74, 6) is -1.26. The lowest BCUT2D eigenvalue weighted by Crippen LogP contribution is -2.47. The number of carboxylic acids is 1. The molecule has 2 atom stereocenters. The van der Waals surface area contributed by atoms with Gasteiger partial charge >= 0.3 is 12.1 Å². The number of nitrogens with zero attached hydrogens (tertiary/aromatic N) is 1. The van der Waals surface area contributed by atoms with Gasteiger partial charge in [-0.25, -0.2) is 4.79 Å². The van der Waals surface area contributed by atoms with E-state index in [9.17, 15) is 14.7 Å². The molecule has 1 rings (SSSR count).